The van der Waals surface area contributed by atoms with Gasteiger partial charge in [0, 0.05) is 11.1 Å². The molecule has 18 heavy (non-hydrogen) atoms. The average molecular weight is 332 g/mol. The number of nitro benzene ring substituents is 1. The quantitative estimate of drug-likeness (QED) is 0.491. The van der Waals surface area contributed by atoms with Crippen molar-refractivity contribution < 1.29 is 4.92 Å². The lowest BCUT2D eigenvalue weighted by atomic mass is 10.2. The minimum absolute atomic E-state index is 0.0180. The number of halogens is 2. The molecule has 2 aromatic rings. The molecule has 0 radical (unpaired) electrons. The molecule has 1 unspecified atom stereocenters. The highest BCUT2D eigenvalue weighted by atomic mass is 79.9. The molecule has 1 atom stereocenters. The molecule has 0 N–H and O–H groups in total. The van der Waals surface area contributed by atoms with E-state index in [0.717, 1.165) is 0 Å². The first-order chi connectivity index (χ1) is 8.49. The van der Waals surface area contributed by atoms with Gasteiger partial charge in [0.25, 0.3) is 5.69 Å². The maximum absolute atomic E-state index is 10.9. The molecule has 0 aliphatic carbocycles. The summed E-state index contributed by atoms with van der Waals surface area (Å²) >= 11 is 9.20. The van der Waals surface area contributed by atoms with Gasteiger partial charge in [0.1, 0.15) is 5.69 Å². The van der Waals surface area contributed by atoms with Gasteiger partial charge in [-0.05, 0) is 19.1 Å². The highest BCUT2D eigenvalue weighted by Gasteiger charge is 2.18. The van der Waals surface area contributed by atoms with Crippen molar-refractivity contribution in [2.75, 3.05) is 0 Å². The Bertz CT molecular complexity index is 599. The van der Waals surface area contributed by atoms with Crippen molar-refractivity contribution in [3.63, 3.8) is 0 Å². The smallest absolute Gasteiger partial charge is 0.258 e. The second-order valence-corrected chi connectivity index (χ2v) is 5.40. The van der Waals surface area contributed by atoms with Gasteiger partial charge < -0.3 is 0 Å². The summed E-state index contributed by atoms with van der Waals surface area (Å²) < 4.78 is 1.34. The number of rotatable bonds is 3. The molecule has 2 rings (SSSR count). The van der Waals surface area contributed by atoms with Crippen LogP contribution in [0.3, 0.4) is 0 Å². The summed E-state index contributed by atoms with van der Waals surface area (Å²) in [6.07, 6.45) is 1.62. The lowest BCUT2D eigenvalue weighted by Crippen LogP contribution is -2.00. The van der Waals surface area contributed by atoms with Crippen molar-refractivity contribution in [1.29, 1.82) is 0 Å². The van der Waals surface area contributed by atoms with E-state index in [1.807, 2.05) is 6.92 Å². The highest BCUT2D eigenvalue weighted by Crippen LogP contribution is 2.27. The van der Waals surface area contributed by atoms with Crippen LogP contribution in [0.4, 0.5) is 5.69 Å². The minimum Gasteiger partial charge on any atom is -0.258 e. The first-order valence-electron chi connectivity index (χ1n) is 4.99. The van der Waals surface area contributed by atoms with Crippen molar-refractivity contribution in [1.82, 2.24) is 15.0 Å². The van der Waals surface area contributed by atoms with Crippen LogP contribution in [-0.4, -0.2) is 19.9 Å². The molecule has 0 spiro atoms. The van der Waals surface area contributed by atoms with Crippen LogP contribution in [0.1, 0.15) is 17.4 Å². The molecule has 6 nitrogen and oxygen atoms in total. The number of aromatic nitrogens is 3. The number of nitrogens with zero attached hydrogens (tertiary/aromatic N) is 4. The molecule has 0 fully saturated rings. The zero-order valence-electron chi connectivity index (χ0n) is 9.25. The predicted octanol–water partition coefficient (Wildman–Crippen LogP) is 3.28. The molecule has 8 heteroatoms. The van der Waals surface area contributed by atoms with Gasteiger partial charge in [-0.25, -0.2) is 4.68 Å². The zero-order valence-corrected chi connectivity index (χ0v) is 11.6. The third-order valence-corrected chi connectivity index (χ3v) is 3.00. The molecule has 0 aliphatic heterocycles. The first-order valence-corrected chi connectivity index (χ1v) is 6.29. The van der Waals surface area contributed by atoms with Crippen molar-refractivity contribution in [2.24, 2.45) is 0 Å². The van der Waals surface area contributed by atoms with E-state index in [1.54, 1.807) is 6.20 Å². The second-order valence-electron chi connectivity index (χ2n) is 3.59. The number of benzene rings is 1. The largest absolute Gasteiger partial charge is 0.295 e. The van der Waals surface area contributed by atoms with Crippen LogP contribution < -0.4 is 0 Å². The average Bonchev–Trinajstić information content (AvgIpc) is 2.77. The molecule has 0 amide bonds. The normalized spacial score (nSPS) is 12.4. The van der Waals surface area contributed by atoms with Crippen LogP contribution in [0.15, 0.2) is 24.4 Å². The van der Waals surface area contributed by atoms with Crippen LogP contribution in [0, 0.1) is 10.1 Å². The molecule has 0 saturated heterocycles. The maximum Gasteiger partial charge on any atom is 0.295 e. The Morgan fingerprint density at radius 3 is 2.83 bits per heavy atom. The van der Waals surface area contributed by atoms with E-state index in [9.17, 15) is 10.1 Å². The van der Waals surface area contributed by atoms with E-state index in [0.29, 0.717) is 16.4 Å². The van der Waals surface area contributed by atoms with E-state index in [-0.39, 0.29) is 10.5 Å². The summed E-state index contributed by atoms with van der Waals surface area (Å²) in [5, 5.41) is 19.1. The maximum atomic E-state index is 10.9. The molecule has 94 valence electrons. The van der Waals surface area contributed by atoms with Gasteiger partial charge >= 0.3 is 0 Å². The first kappa shape index (κ1) is 13.0. The van der Waals surface area contributed by atoms with Crippen molar-refractivity contribution in [3.05, 3.63) is 45.2 Å². The fraction of sp³-hybridized carbons (Fsp3) is 0.200. The number of hydrogen-bond acceptors (Lipinski definition) is 4. The molecular weight excluding hydrogens is 323 g/mol. The number of alkyl halides is 1. The Kier molecular flexibility index (Phi) is 3.63. The third-order valence-electron chi connectivity index (χ3n) is 2.30. The van der Waals surface area contributed by atoms with Gasteiger partial charge in [0.2, 0.25) is 0 Å². The summed E-state index contributed by atoms with van der Waals surface area (Å²) in [5.41, 5.74) is 0.904. The molecule has 1 heterocycles. The Morgan fingerprint density at radius 1 is 1.56 bits per heavy atom. The van der Waals surface area contributed by atoms with E-state index in [2.05, 4.69) is 26.2 Å². The van der Waals surface area contributed by atoms with Crippen LogP contribution in [-0.2, 0) is 0 Å². The standard InChI is InChI=1S/C10H8BrClN4O2/c1-6(11)8-5-15(14-13-8)10-4-7(12)2-3-9(10)16(17)18/h2-6H,1H3. The van der Waals surface area contributed by atoms with Crippen molar-refractivity contribution in [3.8, 4) is 5.69 Å². The van der Waals surface area contributed by atoms with Crippen molar-refractivity contribution in [2.45, 2.75) is 11.8 Å². The van der Waals surface area contributed by atoms with Crippen LogP contribution in [0.5, 0.6) is 0 Å². The van der Waals surface area contributed by atoms with Gasteiger partial charge in [-0.1, -0.05) is 32.7 Å². The number of hydrogen-bond donors (Lipinski definition) is 0. The van der Waals surface area contributed by atoms with Gasteiger partial charge in [-0.2, -0.15) is 0 Å². The summed E-state index contributed by atoms with van der Waals surface area (Å²) in [6, 6.07) is 4.29. The topological polar surface area (TPSA) is 73.8 Å². The van der Waals surface area contributed by atoms with Gasteiger partial charge in [0.05, 0.1) is 21.6 Å². The Labute approximate surface area is 116 Å². The fourth-order valence-corrected chi connectivity index (χ4v) is 1.79. The molecule has 1 aromatic carbocycles. The summed E-state index contributed by atoms with van der Waals surface area (Å²) in [4.78, 5) is 10.5. The Hall–Kier alpha value is -1.47. The van der Waals surface area contributed by atoms with Crippen LogP contribution in [0.2, 0.25) is 5.02 Å². The molecule has 0 bridgehead atoms. The zero-order chi connectivity index (χ0) is 13.3. The minimum atomic E-state index is -0.482. The third kappa shape index (κ3) is 2.51. The van der Waals surface area contributed by atoms with E-state index in [1.165, 1.54) is 22.9 Å². The molecule has 0 aliphatic rings. The monoisotopic (exact) mass is 330 g/mol. The lowest BCUT2D eigenvalue weighted by molar-refractivity contribution is -0.384. The van der Waals surface area contributed by atoms with Gasteiger partial charge in [-0.15, -0.1) is 5.10 Å². The summed E-state index contributed by atoms with van der Waals surface area (Å²) in [5.74, 6) is 0. The van der Waals surface area contributed by atoms with Gasteiger partial charge in [0.15, 0.2) is 0 Å². The molecular formula is C10H8BrClN4O2. The van der Waals surface area contributed by atoms with E-state index >= 15 is 0 Å². The highest BCUT2D eigenvalue weighted by molar-refractivity contribution is 9.09. The van der Waals surface area contributed by atoms with Gasteiger partial charge in [-0.3, -0.25) is 10.1 Å². The van der Waals surface area contributed by atoms with Crippen molar-refractivity contribution >= 4 is 33.2 Å². The SMILES string of the molecule is CC(Br)c1cn(-c2cc(Cl)ccc2[N+](=O)[O-])nn1. The molecule has 0 saturated carbocycles. The van der Waals surface area contributed by atoms with Crippen LogP contribution >= 0.6 is 27.5 Å². The van der Waals surface area contributed by atoms with E-state index in [4.69, 9.17) is 11.6 Å². The number of nitro groups is 1. The van der Waals surface area contributed by atoms with Crippen LogP contribution in [0.25, 0.3) is 5.69 Å². The Morgan fingerprint density at radius 2 is 2.28 bits per heavy atom. The lowest BCUT2D eigenvalue weighted by Gasteiger charge is -2.02. The Balaban J connectivity index is 2.54. The predicted molar refractivity (Wildman–Crippen MR) is 70.4 cm³/mol. The van der Waals surface area contributed by atoms with E-state index < -0.39 is 4.92 Å². The summed E-state index contributed by atoms with van der Waals surface area (Å²) in [7, 11) is 0. The summed E-state index contributed by atoms with van der Waals surface area (Å²) in [6.45, 7) is 1.89. The molecule has 1 aromatic heterocycles. The second kappa shape index (κ2) is 5.03. The fourth-order valence-electron chi connectivity index (χ4n) is 1.41.